The first-order chi connectivity index (χ1) is 8.27. The van der Waals surface area contributed by atoms with Crippen LogP contribution in [-0.2, 0) is 6.54 Å². The maximum absolute atomic E-state index is 11.7. The number of halogens is 1. The number of hydrogen-bond acceptors (Lipinski definition) is 3. The van der Waals surface area contributed by atoms with Gasteiger partial charge in [-0.15, -0.1) is 0 Å². The zero-order chi connectivity index (χ0) is 12.1. The summed E-state index contributed by atoms with van der Waals surface area (Å²) < 4.78 is 7.29. The van der Waals surface area contributed by atoms with Crippen LogP contribution in [0.15, 0.2) is 39.9 Å². The number of carbonyl (C=O) groups excluding carboxylic acids is 1. The van der Waals surface area contributed by atoms with Gasteiger partial charge in [-0.1, -0.05) is 0 Å². The molecule has 0 aliphatic heterocycles. The Labute approximate surface area is 107 Å². The molecule has 2 heterocycles. The van der Waals surface area contributed by atoms with Crippen LogP contribution in [0.5, 0.6) is 0 Å². The molecular formula is C11H12BrN3O2. The number of carbonyl (C=O) groups is 1. The van der Waals surface area contributed by atoms with Gasteiger partial charge in [-0.25, -0.2) is 0 Å². The Bertz CT molecular complexity index is 479. The summed E-state index contributed by atoms with van der Waals surface area (Å²) >= 11 is 3.17. The summed E-state index contributed by atoms with van der Waals surface area (Å²) in [7, 11) is 0. The zero-order valence-corrected chi connectivity index (χ0v) is 10.7. The first-order valence-corrected chi connectivity index (χ1v) is 6.05. The monoisotopic (exact) mass is 297 g/mol. The largest absolute Gasteiger partial charge is 0.457 e. The van der Waals surface area contributed by atoms with E-state index >= 15 is 0 Å². The number of rotatable bonds is 5. The molecule has 17 heavy (non-hydrogen) atoms. The van der Waals surface area contributed by atoms with Crippen LogP contribution < -0.4 is 5.32 Å². The van der Waals surface area contributed by atoms with E-state index in [1.165, 1.54) is 6.26 Å². The molecule has 0 spiro atoms. The van der Waals surface area contributed by atoms with Crippen molar-refractivity contribution in [2.75, 3.05) is 6.54 Å². The third-order valence-corrected chi connectivity index (χ3v) is 2.89. The van der Waals surface area contributed by atoms with Crippen molar-refractivity contribution in [2.24, 2.45) is 0 Å². The Morgan fingerprint density at radius 1 is 1.59 bits per heavy atom. The Hall–Kier alpha value is -1.56. The highest BCUT2D eigenvalue weighted by atomic mass is 79.9. The van der Waals surface area contributed by atoms with E-state index in [0.717, 1.165) is 13.0 Å². The number of aryl methyl sites for hydroxylation is 1. The molecule has 0 fully saturated rings. The van der Waals surface area contributed by atoms with Gasteiger partial charge in [0.15, 0.2) is 4.67 Å². The number of nitrogens with zero attached hydrogens (tertiary/aromatic N) is 2. The van der Waals surface area contributed by atoms with Crippen molar-refractivity contribution >= 4 is 21.8 Å². The Kier molecular flexibility index (Phi) is 3.98. The summed E-state index contributed by atoms with van der Waals surface area (Å²) in [5, 5.41) is 6.90. The highest BCUT2D eigenvalue weighted by Gasteiger charge is 2.11. The molecule has 5 nitrogen and oxygen atoms in total. The second-order valence-electron chi connectivity index (χ2n) is 3.49. The van der Waals surface area contributed by atoms with Gasteiger partial charge in [0.25, 0.3) is 5.91 Å². The van der Waals surface area contributed by atoms with E-state index in [9.17, 15) is 4.79 Å². The first kappa shape index (κ1) is 11.9. The Morgan fingerprint density at radius 3 is 3.12 bits per heavy atom. The van der Waals surface area contributed by atoms with Crippen LogP contribution in [0.2, 0.25) is 0 Å². The molecule has 0 radical (unpaired) electrons. The normalized spacial score (nSPS) is 10.4. The van der Waals surface area contributed by atoms with Gasteiger partial charge in [-0.3, -0.25) is 9.48 Å². The SMILES string of the molecule is O=C(NCCCn1cccn1)c1ccoc1Br. The third kappa shape index (κ3) is 3.20. The van der Waals surface area contributed by atoms with Crippen LogP contribution in [0.3, 0.4) is 0 Å². The molecule has 0 atom stereocenters. The van der Waals surface area contributed by atoms with Gasteiger partial charge in [-0.05, 0) is 34.5 Å². The number of furan rings is 1. The molecule has 0 saturated carbocycles. The van der Waals surface area contributed by atoms with Gasteiger partial charge in [0.1, 0.15) is 0 Å². The lowest BCUT2D eigenvalue weighted by Crippen LogP contribution is -2.25. The van der Waals surface area contributed by atoms with Crippen LogP contribution in [0.4, 0.5) is 0 Å². The fraction of sp³-hybridized carbons (Fsp3) is 0.273. The average Bonchev–Trinajstić information content (AvgIpc) is 2.95. The maximum Gasteiger partial charge on any atom is 0.255 e. The summed E-state index contributed by atoms with van der Waals surface area (Å²) in [6, 6.07) is 3.51. The smallest absolute Gasteiger partial charge is 0.255 e. The van der Waals surface area contributed by atoms with E-state index in [1.807, 2.05) is 16.9 Å². The van der Waals surface area contributed by atoms with Gasteiger partial charge in [-0.2, -0.15) is 5.10 Å². The maximum atomic E-state index is 11.7. The molecule has 2 aromatic heterocycles. The lowest BCUT2D eigenvalue weighted by molar-refractivity contribution is 0.0951. The predicted octanol–water partition coefficient (Wildman–Crippen LogP) is 2.06. The summed E-state index contributed by atoms with van der Waals surface area (Å²) in [6.45, 7) is 1.40. The first-order valence-electron chi connectivity index (χ1n) is 5.26. The van der Waals surface area contributed by atoms with Gasteiger partial charge < -0.3 is 9.73 Å². The molecule has 90 valence electrons. The minimum atomic E-state index is -0.133. The number of nitrogens with one attached hydrogen (secondary N) is 1. The van der Waals surface area contributed by atoms with Crippen molar-refractivity contribution in [1.82, 2.24) is 15.1 Å². The lowest BCUT2D eigenvalue weighted by atomic mass is 10.3. The number of hydrogen-bond donors (Lipinski definition) is 1. The van der Waals surface area contributed by atoms with Gasteiger partial charge in [0.05, 0.1) is 11.8 Å². The molecule has 0 unspecified atom stereocenters. The molecule has 2 aromatic rings. The molecule has 1 amide bonds. The second-order valence-corrected chi connectivity index (χ2v) is 4.21. The van der Waals surface area contributed by atoms with Crippen molar-refractivity contribution in [1.29, 1.82) is 0 Å². The molecule has 0 saturated heterocycles. The highest BCUT2D eigenvalue weighted by Crippen LogP contribution is 2.16. The standard InChI is InChI=1S/C11H12BrN3O2/c12-10-9(3-8-17-10)11(16)13-4-1-6-15-7-2-5-14-15/h2-3,5,7-8H,1,4,6H2,(H,13,16). The van der Waals surface area contributed by atoms with Crippen LogP contribution in [0.25, 0.3) is 0 Å². The van der Waals surface area contributed by atoms with Crippen molar-refractivity contribution in [3.8, 4) is 0 Å². The van der Waals surface area contributed by atoms with Crippen molar-refractivity contribution < 1.29 is 9.21 Å². The highest BCUT2D eigenvalue weighted by molar-refractivity contribution is 9.10. The molecule has 0 bridgehead atoms. The van der Waals surface area contributed by atoms with Gasteiger partial charge in [0.2, 0.25) is 0 Å². The Balaban J connectivity index is 1.72. The van der Waals surface area contributed by atoms with E-state index in [1.54, 1.807) is 12.3 Å². The van der Waals surface area contributed by atoms with Crippen molar-refractivity contribution in [3.05, 3.63) is 41.0 Å². The van der Waals surface area contributed by atoms with E-state index in [4.69, 9.17) is 4.42 Å². The van der Waals surface area contributed by atoms with Crippen LogP contribution in [-0.4, -0.2) is 22.2 Å². The van der Waals surface area contributed by atoms with E-state index in [2.05, 4.69) is 26.3 Å². The molecular weight excluding hydrogens is 286 g/mol. The minimum Gasteiger partial charge on any atom is -0.457 e. The van der Waals surface area contributed by atoms with Crippen molar-refractivity contribution in [2.45, 2.75) is 13.0 Å². The summed E-state index contributed by atoms with van der Waals surface area (Å²) in [5.41, 5.74) is 0.518. The quantitative estimate of drug-likeness (QED) is 0.860. The number of aromatic nitrogens is 2. The van der Waals surface area contributed by atoms with Crippen LogP contribution in [0, 0.1) is 0 Å². The molecule has 0 aliphatic rings. The third-order valence-electron chi connectivity index (χ3n) is 2.27. The molecule has 2 rings (SSSR count). The minimum absolute atomic E-state index is 0.133. The zero-order valence-electron chi connectivity index (χ0n) is 9.10. The number of amides is 1. The Morgan fingerprint density at radius 2 is 2.47 bits per heavy atom. The summed E-state index contributed by atoms with van der Waals surface area (Å²) in [6.07, 6.45) is 5.95. The fourth-order valence-corrected chi connectivity index (χ4v) is 1.85. The molecule has 6 heteroatoms. The van der Waals surface area contributed by atoms with Crippen LogP contribution >= 0.6 is 15.9 Å². The van der Waals surface area contributed by atoms with Crippen LogP contribution in [0.1, 0.15) is 16.8 Å². The lowest BCUT2D eigenvalue weighted by Gasteiger charge is -2.04. The van der Waals surface area contributed by atoms with Gasteiger partial charge >= 0.3 is 0 Å². The summed E-state index contributed by atoms with van der Waals surface area (Å²) in [4.78, 5) is 11.7. The fourth-order valence-electron chi connectivity index (χ4n) is 1.43. The van der Waals surface area contributed by atoms with E-state index in [-0.39, 0.29) is 5.91 Å². The topological polar surface area (TPSA) is 60.1 Å². The predicted molar refractivity (Wildman–Crippen MR) is 65.6 cm³/mol. The van der Waals surface area contributed by atoms with E-state index in [0.29, 0.717) is 16.8 Å². The molecule has 1 N–H and O–H groups in total. The average molecular weight is 298 g/mol. The molecule has 0 aromatic carbocycles. The van der Waals surface area contributed by atoms with Gasteiger partial charge in [0, 0.05) is 25.5 Å². The molecule has 0 aliphatic carbocycles. The van der Waals surface area contributed by atoms with E-state index < -0.39 is 0 Å². The second kappa shape index (κ2) is 5.67. The van der Waals surface area contributed by atoms with Crippen molar-refractivity contribution in [3.63, 3.8) is 0 Å². The summed E-state index contributed by atoms with van der Waals surface area (Å²) in [5.74, 6) is -0.133.